The van der Waals surface area contributed by atoms with E-state index in [1.165, 1.54) is 17.3 Å². The fraction of sp³-hybridized carbons (Fsp3) is 0.208. The average molecular weight is 464 g/mol. The van der Waals surface area contributed by atoms with Crippen LogP contribution in [0.15, 0.2) is 59.2 Å². The van der Waals surface area contributed by atoms with Crippen molar-refractivity contribution in [3.05, 3.63) is 65.3 Å². The third-order valence-corrected chi connectivity index (χ3v) is 7.25. The number of carbonyl (C=O) groups excluding carboxylic acids is 1. The molecule has 0 bridgehead atoms. The normalized spacial score (nSPS) is 13.3. The van der Waals surface area contributed by atoms with Crippen molar-refractivity contribution in [1.82, 2.24) is 15.3 Å². The number of fused-ring (bicyclic) bond motifs is 2. The van der Waals surface area contributed by atoms with Crippen molar-refractivity contribution in [2.75, 3.05) is 6.79 Å². The number of nitrogens with one attached hydrogen (secondary N) is 1. The van der Waals surface area contributed by atoms with E-state index in [4.69, 9.17) is 9.47 Å². The van der Waals surface area contributed by atoms with Crippen molar-refractivity contribution < 1.29 is 14.3 Å². The van der Waals surface area contributed by atoms with Crippen LogP contribution in [0, 0.1) is 6.92 Å². The predicted octanol–water partition coefficient (Wildman–Crippen LogP) is 5.19. The SMILES string of the molecule is Cc1ccc(-c2csc3ncnc(S[C@H](C)C(=O)NCc4ccc5c(c4)OCO5)c23)cc1. The summed E-state index contributed by atoms with van der Waals surface area (Å²) in [6.45, 7) is 4.63. The molecule has 4 aromatic rings. The Bertz CT molecular complexity index is 1290. The summed E-state index contributed by atoms with van der Waals surface area (Å²) >= 11 is 3.04. The fourth-order valence-corrected chi connectivity index (χ4v) is 5.43. The van der Waals surface area contributed by atoms with Crippen LogP contribution in [0.5, 0.6) is 11.5 Å². The topological polar surface area (TPSA) is 73.3 Å². The number of hydrogen-bond acceptors (Lipinski definition) is 7. The van der Waals surface area contributed by atoms with Gasteiger partial charge in [-0.15, -0.1) is 11.3 Å². The zero-order valence-electron chi connectivity index (χ0n) is 17.6. The highest BCUT2D eigenvalue weighted by Crippen LogP contribution is 2.39. The first-order valence-electron chi connectivity index (χ1n) is 10.2. The van der Waals surface area contributed by atoms with Crippen molar-refractivity contribution in [1.29, 1.82) is 0 Å². The van der Waals surface area contributed by atoms with Crippen LogP contribution in [-0.2, 0) is 11.3 Å². The van der Waals surface area contributed by atoms with Crippen LogP contribution in [0.25, 0.3) is 21.3 Å². The van der Waals surface area contributed by atoms with Crippen molar-refractivity contribution in [2.24, 2.45) is 0 Å². The first-order chi connectivity index (χ1) is 15.6. The molecule has 2 aromatic carbocycles. The van der Waals surface area contributed by atoms with Gasteiger partial charge in [0.2, 0.25) is 12.7 Å². The number of ether oxygens (including phenoxy) is 2. The summed E-state index contributed by atoms with van der Waals surface area (Å²) < 4.78 is 10.7. The third kappa shape index (κ3) is 4.16. The van der Waals surface area contributed by atoms with Gasteiger partial charge in [-0.2, -0.15) is 0 Å². The number of thiophene rings is 1. The Morgan fingerprint density at radius 3 is 2.81 bits per heavy atom. The molecule has 1 atom stereocenters. The summed E-state index contributed by atoms with van der Waals surface area (Å²) in [5, 5.41) is 6.62. The summed E-state index contributed by atoms with van der Waals surface area (Å²) in [6.07, 6.45) is 1.57. The van der Waals surface area contributed by atoms with Gasteiger partial charge in [0.25, 0.3) is 0 Å². The van der Waals surface area contributed by atoms with Crippen LogP contribution in [0.1, 0.15) is 18.1 Å². The first kappa shape index (κ1) is 20.8. The smallest absolute Gasteiger partial charge is 0.233 e. The largest absolute Gasteiger partial charge is 0.454 e. The van der Waals surface area contributed by atoms with Gasteiger partial charge >= 0.3 is 0 Å². The number of aromatic nitrogens is 2. The molecule has 6 nitrogen and oxygen atoms in total. The van der Waals surface area contributed by atoms with Gasteiger partial charge in [-0.1, -0.05) is 47.7 Å². The molecule has 0 saturated heterocycles. The highest BCUT2D eigenvalue weighted by Gasteiger charge is 2.20. The Hall–Kier alpha value is -3.10. The molecule has 0 saturated carbocycles. The van der Waals surface area contributed by atoms with E-state index in [9.17, 15) is 4.79 Å². The van der Waals surface area contributed by atoms with Gasteiger partial charge in [-0.05, 0) is 37.1 Å². The van der Waals surface area contributed by atoms with E-state index in [1.54, 1.807) is 17.7 Å². The molecule has 1 aliphatic rings. The second kappa shape index (κ2) is 8.80. The predicted molar refractivity (Wildman–Crippen MR) is 127 cm³/mol. The minimum atomic E-state index is -0.312. The second-order valence-corrected chi connectivity index (χ2v) is 9.73. The van der Waals surface area contributed by atoms with Crippen LogP contribution >= 0.6 is 23.1 Å². The van der Waals surface area contributed by atoms with Crippen LogP contribution < -0.4 is 14.8 Å². The Labute approximate surface area is 194 Å². The molecule has 5 rings (SSSR count). The molecule has 2 aromatic heterocycles. The van der Waals surface area contributed by atoms with E-state index in [0.717, 1.165) is 37.7 Å². The Morgan fingerprint density at radius 2 is 1.97 bits per heavy atom. The van der Waals surface area contributed by atoms with E-state index in [1.807, 2.05) is 25.1 Å². The summed E-state index contributed by atoms with van der Waals surface area (Å²) in [5.74, 6) is 1.40. The van der Waals surface area contributed by atoms with E-state index in [0.29, 0.717) is 12.3 Å². The molecule has 1 aliphatic heterocycles. The maximum atomic E-state index is 12.8. The zero-order valence-corrected chi connectivity index (χ0v) is 19.3. The van der Waals surface area contributed by atoms with Gasteiger partial charge < -0.3 is 14.8 Å². The van der Waals surface area contributed by atoms with Gasteiger partial charge in [-0.25, -0.2) is 9.97 Å². The number of hydrogen-bond donors (Lipinski definition) is 1. The van der Waals surface area contributed by atoms with Gasteiger partial charge in [0, 0.05) is 17.5 Å². The Kier molecular flexibility index (Phi) is 5.71. The van der Waals surface area contributed by atoms with Gasteiger partial charge in [-0.3, -0.25) is 4.79 Å². The van der Waals surface area contributed by atoms with Crippen molar-refractivity contribution in [3.63, 3.8) is 0 Å². The average Bonchev–Trinajstić information content (AvgIpc) is 3.45. The molecule has 3 heterocycles. The molecule has 1 N–H and O–H groups in total. The first-order valence-corrected chi connectivity index (χ1v) is 12.0. The highest BCUT2D eigenvalue weighted by molar-refractivity contribution is 8.00. The monoisotopic (exact) mass is 463 g/mol. The molecule has 162 valence electrons. The molecule has 0 fully saturated rings. The van der Waals surface area contributed by atoms with Gasteiger partial charge in [0.15, 0.2) is 11.5 Å². The quantitative estimate of drug-likeness (QED) is 0.313. The number of benzene rings is 2. The van der Waals surface area contributed by atoms with E-state index in [2.05, 4.69) is 51.9 Å². The molecule has 8 heteroatoms. The van der Waals surface area contributed by atoms with Crippen molar-refractivity contribution in [3.8, 4) is 22.6 Å². The Balaban J connectivity index is 1.32. The molecule has 0 aliphatic carbocycles. The van der Waals surface area contributed by atoms with Crippen LogP contribution in [0.3, 0.4) is 0 Å². The maximum Gasteiger partial charge on any atom is 0.233 e. The number of nitrogens with zero attached hydrogens (tertiary/aromatic N) is 2. The van der Waals surface area contributed by atoms with Crippen LogP contribution in [0.4, 0.5) is 0 Å². The number of rotatable bonds is 6. The molecule has 32 heavy (non-hydrogen) atoms. The summed E-state index contributed by atoms with van der Waals surface area (Å²) in [6, 6.07) is 14.1. The molecule has 0 radical (unpaired) electrons. The van der Waals surface area contributed by atoms with Gasteiger partial charge in [0.1, 0.15) is 16.2 Å². The lowest BCUT2D eigenvalue weighted by molar-refractivity contribution is -0.120. The molecule has 1 amide bonds. The van der Waals surface area contributed by atoms with Crippen LogP contribution in [-0.4, -0.2) is 27.9 Å². The lowest BCUT2D eigenvalue weighted by Gasteiger charge is -2.13. The highest BCUT2D eigenvalue weighted by atomic mass is 32.2. The summed E-state index contributed by atoms with van der Waals surface area (Å²) in [7, 11) is 0. The minimum Gasteiger partial charge on any atom is -0.454 e. The van der Waals surface area contributed by atoms with Crippen molar-refractivity contribution in [2.45, 2.75) is 30.7 Å². The van der Waals surface area contributed by atoms with Crippen LogP contribution in [0.2, 0.25) is 0 Å². The number of carbonyl (C=O) groups is 1. The van der Waals surface area contributed by atoms with E-state index < -0.39 is 0 Å². The van der Waals surface area contributed by atoms with Gasteiger partial charge in [0.05, 0.1) is 10.6 Å². The molecule has 0 unspecified atom stereocenters. The second-order valence-electron chi connectivity index (χ2n) is 7.54. The standard InChI is InChI=1S/C24H21N3O3S2/c1-14-3-6-17(7-4-14)18-11-31-23-21(18)24(27-12-26-23)32-15(2)22(28)25-10-16-5-8-19-20(9-16)30-13-29-19/h3-9,11-12,15H,10,13H2,1-2H3,(H,25,28)/t15-/m1/s1. The minimum absolute atomic E-state index is 0.0495. The fourth-order valence-electron chi connectivity index (χ4n) is 3.49. The zero-order chi connectivity index (χ0) is 22.1. The lowest BCUT2D eigenvalue weighted by atomic mass is 10.1. The molecule has 0 spiro atoms. The number of aryl methyl sites for hydroxylation is 1. The Morgan fingerprint density at radius 1 is 1.16 bits per heavy atom. The summed E-state index contributed by atoms with van der Waals surface area (Å²) in [5.41, 5.74) is 4.40. The third-order valence-electron chi connectivity index (χ3n) is 5.26. The lowest BCUT2D eigenvalue weighted by Crippen LogP contribution is -2.30. The van der Waals surface area contributed by atoms with Crippen molar-refractivity contribution >= 4 is 39.2 Å². The molecular formula is C24H21N3O3S2. The molecular weight excluding hydrogens is 442 g/mol. The maximum absolute atomic E-state index is 12.8. The summed E-state index contributed by atoms with van der Waals surface area (Å²) in [4.78, 5) is 22.7. The number of thioether (sulfide) groups is 1. The number of amides is 1. The van der Waals surface area contributed by atoms with E-state index in [-0.39, 0.29) is 18.0 Å². The van der Waals surface area contributed by atoms with E-state index >= 15 is 0 Å².